The Morgan fingerprint density at radius 2 is 0.859 bits per heavy atom. The maximum Gasteiger partial charge on any atom is 0.472 e. The second kappa shape index (κ2) is 49.6. The summed E-state index contributed by atoms with van der Waals surface area (Å²) in [6.07, 6.45) is 63.4. The number of phosphoric acid groups is 1. The Morgan fingerprint density at radius 1 is 0.484 bits per heavy atom. The Hall–Kier alpha value is -2.81. The van der Waals surface area contributed by atoms with E-state index in [9.17, 15) is 19.0 Å². The Bertz CT molecular complexity index is 1320. The van der Waals surface area contributed by atoms with Crippen LogP contribution in [0.2, 0.25) is 0 Å². The number of ether oxygens (including phenoxy) is 2. The molecule has 64 heavy (non-hydrogen) atoms. The summed E-state index contributed by atoms with van der Waals surface area (Å²) in [7, 11) is -4.39. The molecule has 0 bridgehead atoms. The van der Waals surface area contributed by atoms with Crippen LogP contribution in [0, 0.1) is 0 Å². The summed E-state index contributed by atoms with van der Waals surface area (Å²) in [5, 5.41) is 0. The van der Waals surface area contributed by atoms with Crippen molar-refractivity contribution in [2.45, 2.75) is 219 Å². The Balaban J connectivity index is 4.00. The molecule has 0 aliphatic carbocycles. The van der Waals surface area contributed by atoms with E-state index in [2.05, 4.69) is 98.9 Å². The lowest BCUT2D eigenvalue weighted by Gasteiger charge is -2.19. The molecule has 10 heteroatoms. The molecule has 0 aliphatic heterocycles. The summed E-state index contributed by atoms with van der Waals surface area (Å²) in [4.78, 5) is 35.0. The van der Waals surface area contributed by atoms with Crippen LogP contribution in [0.5, 0.6) is 0 Å². The van der Waals surface area contributed by atoms with E-state index >= 15 is 0 Å². The SMILES string of the molecule is CC/C=C\C/C=C\C/C=C\C/C=C\C/C=C\CCCCCCCCCCCCCCCC(=O)OC(COC(=O)CCCCCCC/C=C\C/C=C\CCCC)COP(=O)(O)OCCN. The minimum Gasteiger partial charge on any atom is -0.462 e. The number of hydrogen-bond donors (Lipinski definition) is 2. The summed E-state index contributed by atoms with van der Waals surface area (Å²) in [5.74, 6) is -0.848. The fourth-order valence-corrected chi connectivity index (χ4v) is 7.50. The van der Waals surface area contributed by atoms with Crippen molar-refractivity contribution in [2.75, 3.05) is 26.4 Å². The fourth-order valence-electron chi connectivity index (χ4n) is 6.74. The number of hydrogen-bond acceptors (Lipinski definition) is 8. The number of allylic oxidation sites excluding steroid dienone is 14. The predicted octanol–water partition coefficient (Wildman–Crippen LogP) is 15.6. The monoisotopic (exact) mass is 916 g/mol. The van der Waals surface area contributed by atoms with E-state index in [1.807, 2.05) is 0 Å². The number of unbranched alkanes of at least 4 members (excludes halogenated alkanes) is 20. The van der Waals surface area contributed by atoms with E-state index in [0.717, 1.165) is 96.3 Å². The highest BCUT2D eigenvalue weighted by atomic mass is 31.2. The lowest BCUT2D eigenvalue weighted by molar-refractivity contribution is -0.161. The average molecular weight is 916 g/mol. The van der Waals surface area contributed by atoms with Gasteiger partial charge in [-0.25, -0.2) is 4.57 Å². The molecule has 3 N–H and O–H groups in total. The second-order valence-corrected chi connectivity index (χ2v) is 18.1. The molecule has 0 aromatic carbocycles. The zero-order chi connectivity index (χ0) is 46.7. The van der Waals surface area contributed by atoms with Crippen LogP contribution in [-0.4, -0.2) is 49.3 Å². The minimum absolute atomic E-state index is 0.0480. The van der Waals surface area contributed by atoms with Crippen molar-refractivity contribution >= 4 is 19.8 Å². The van der Waals surface area contributed by atoms with Crippen LogP contribution in [0.3, 0.4) is 0 Å². The largest absolute Gasteiger partial charge is 0.472 e. The van der Waals surface area contributed by atoms with E-state index < -0.39 is 32.5 Å². The highest BCUT2D eigenvalue weighted by molar-refractivity contribution is 7.47. The molecule has 0 fully saturated rings. The molecular weight excluding hydrogens is 822 g/mol. The molecular formula is C54H94NO8P. The summed E-state index contributed by atoms with van der Waals surface area (Å²) in [5.41, 5.74) is 5.36. The smallest absolute Gasteiger partial charge is 0.462 e. The molecule has 2 unspecified atom stereocenters. The second-order valence-electron chi connectivity index (χ2n) is 16.7. The van der Waals surface area contributed by atoms with Gasteiger partial charge in [0.25, 0.3) is 0 Å². The molecule has 0 aromatic heterocycles. The van der Waals surface area contributed by atoms with E-state index in [0.29, 0.717) is 12.8 Å². The maximum atomic E-state index is 12.7. The molecule has 0 saturated heterocycles. The van der Waals surface area contributed by atoms with Crippen LogP contribution in [0.1, 0.15) is 213 Å². The molecule has 0 aromatic rings. The molecule has 0 aliphatic rings. The van der Waals surface area contributed by atoms with Crippen molar-refractivity contribution in [2.24, 2.45) is 5.73 Å². The topological polar surface area (TPSA) is 134 Å². The summed E-state index contributed by atoms with van der Waals surface area (Å²) in [6.45, 7) is 3.56. The van der Waals surface area contributed by atoms with Crippen molar-refractivity contribution < 1.29 is 37.6 Å². The normalized spacial score (nSPS) is 13.9. The first-order valence-corrected chi connectivity index (χ1v) is 27.1. The molecule has 2 atom stereocenters. The van der Waals surface area contributed by atoms with Crippen molar-refractivity contribution in [1.29, 1.82) is 0 Å². The number of phosphoric ester groups is 1. The number of rotatable bonds is 47. The number of nitrogens with two attached hydrogens (primary N) is 1. The first-order chi connectivity index (χ1) is 31.3. The van der Waals surface area contributed by atoms with Gasteiger partial charge in [0.2, 0.25) is 0 Å². The van der Waals surface area contributed by atoms with Crippen molar-refractivity contribution in [3.05, 3.63) is 85.1 Å². The third kappa shape index (κ3) is 48.6. The average Bonchev–Trinajstić information content (AvgIpc) is 3.28. The van der Waals surface area contributed by atoms with Gasteiger partial charge < -0.3 is 20.1 Å². The third-order valence-electron chi connectivity index (χ3n) is 10.5. The summed E-state index contributed by atoms with van der Waals surface area (Å²) >= 11 is 0. The molecule has 0 spiro atoms. The quantitative estimate of drug-likeness (QED) is 0.0265. The van der Waals surface area contributed by atoms with E-state index in [1.165, 1.54) is 77.0 Å². The van der Waals surface area contributed by atoms with Gasteiger partial charge in [0, 0.05) is 19.4 Å². The molecule has 0 rings (SSSR count). The van der Waals surface area contributed by atoms with Gasteiger partial charge in [-0.1, -0.05) is 202 Å². The van der Waals surface area contributed by atoms with Gasteiger partial charge in [-0.15, -0.1) is 0 Å². The van der Waals surface area contributed by atoms with E-state index in [4.69, 9.17) is 24.3 Å². The molecule has 368 valence electrons. The Morgan fingerprint density at radius 3 is 1.28 bits per heavy atom. The van der Waals surface area contributed by atoms with Gasteiger partial charge in [0.1, 0.15) is 6.61 Å². The number of carbonyl (C=O) groups is 2. The molecule has 0 radical (unpaired) electrons. The van der Waals surface area contributed by atoms with Crippen molar-refractivity contribution in [3.8, 4) is 0 Å². The van der Waals surface area contributed by atoms with Crippen molar-refractivity contribution in [1.82, 2.24) is 0 Å². The standard InChI is InChI=1S/C54H94NO8P/c1-3-5-7-9-11-13-15-17-19-20-21-22-23-24-25-26-27-28-29-30-31-32-33-35-37-39-41-43-45-47-54(57)63-52(51-62-64(58,59)61-49-48-55)50-60-53(56)46-44-42-40-38-36-34-18-16-14-12-10-8-6-4-2/h5,7,10-13,16-19,21-22,24-25,52H,3-4,6,8-9,14-15,20,23,26-51,55H2,1-2H3,(H,58,59)/b7-5-,12-10-,13-11-,18-16-,19-17-,22-21-,25-24-. The Kier molecular flexibility index (Phi) is 47.4. The highest BCUT2D eigenvalue weighted by Gasteiger charge is 2.26. The zero-order valence-electron chi connectivity index (χ0n) is 40.7. The first kappa shape index (κ1) is 61.2. The van der Waals surface area contributed by atoms with Gasteiger partial charge in [0.05, 0.1) is 13.2 Å². The number of esters is 2. The molecule has 9 nitrogen and oxygen atoms in total. The van der Waals surface area contributed by atoms with Gasteiger partial charge in [-0.05, 0) is 83.5 Å². The van der Waals surface area contributed by atoms with Gasteiger partial charge in [-0.2, -0.15) is 0 Å². The van der Waals surface area contributed by atoms with Crippen LogP contribution < -0.4 is 5.73 Å². The zero-order valence-corrected chi connectivity index (χ0v) is 41.6. The van der Waals surface area contributed by atoms with Crippen LogP contribution in [0.4, 0.5) is 0 Å². The van der Waals surface area contributed by atoms with E-state index in [1.54, 1.807) is 0 Å². The van der Waals surface area contributed by atoms with Gasteiger partial charge in [0.15, 0.2) is 6.10 Å². The van der Waals surface area contributed by atoms with Crippen LogP contribution >= 0.6 is 7.82 Å². The van der Waals surface area contributed by atoms with Crippen LogP contribution in [0.15, 0.2) is 85.1 Å². The van der Waals surface area contributed by atoms with E-state index in [-0.39, 0.29) is 32.6 Å². The Labute approximate surface area is 392 Å². The van der Waals surface area contributed by atoms with Crippen LogP contribution in [-0.2, 0) is 32.7 Å². The maximum absolute atomic E-state index is 12.7. The molecule has 0 heterocycles. The third-order valence-corrected chi connectivity index (χ3v) is 11.5. The van der Waals surface area contributed by atoms with Crippen molar-refractivity contribution in [3.63, 3.8) is 0 Å². The predicted molar refractivity (Wildman–Crippen MR) is 270 cm³/mol. The molecule has 0 saturated carbocycles. The first-order valence-electron chi connectivity index (χ1n) is 25.6. The lowest BCUT2D eigenvalue weighted by atomic mass is 10.0. The minimum atomic E-state index is -4.39. The number of carbonyl (C=O) groups excluding carboxylic acids is 2. The highest BCUT2D eigenvalue weighted by Crippen LogP contribution is 2.43. The summed E-state index contributed by atoms with van der Waals surface area (Å²) < 4.78 is 32.9. The molecule has 0 amide bonds. The van der Waals surface area contributed by atoms with Gasteiger partial charge in [-0.3, -0.25) is 18.6 Å². The van der Waals surface area contributed by atoms with Gasteiger partial charge >= 0.3 is 19.8 Å². The fraction of sp³-hybridized carbons (Fsp3) is 0.704. The lowest BCUT2D eigenvalue weighted by Crippen LogP contribution is -2.29. The van der Waals surface area contributed by atoms with Crippen LogP contribution in [0.25, 0.3) is 0 Å². The summed E-state index contributed by atoms with van der Waals surface area (Å²) in [6, 6.07) is 0.